The monoisotopic (exact) mass is 229 g/mol. The number of ether oxygens (including phenoxy) is 1. The minimum atomic E-state index is -0.855. The van der Waals surface area contributed by atoms with Gasteiger partial charge in [-0.1, -0.05) is 0 Å². The number of rotatable bonds is 3. The fraction of sp³-hybridized carbons (Fsp3) is 0.818. The van der Waals surface area contributed by atoms with E-state index < -0.39 is 17.6 Å². The van der Waals surface area contributed by atoms with Gasteiger partial charge < -0.3 is 15.2 Å². The first-order valence-corrected chi connectivity index (χ1v) is 5.46. The molecule has 0 unspecified atom stereocenters. The second-order valence-electron chi connectivity index (χ2n) is 5.19. The highest BCUT2D eigenvalue weighted by molar-refractivity contribution is 5.74. The SMILES string of the molecule is CC(C)(C)OC(=O)C[C@H]1CN[C@@H](C(=O)O)C1. The summed E-state index contributed by atoms with van der Waals surface area (Å²) in [6.07, 6.45) is 0.780. The van der Waals surface area contributed by atoms with E-state index in [0.29, 0.717) is 13.0 Å². The number of carbonyl (C=O) groups excluding carboxylic acids is 1. The number of carbonyl (C=O) groups is 2. The van der Waals surface area contributed by atoms with Gasteiger partial charge in [-0.05, 0) is 39.7 Å². The van der Waals surface area contributed by atoms with Gasteiger partial charge in [0.1, 0.15) is 11.6 Å². The maximum absolute atomic E-state index is 11.5. The molecule has 0 aromatic heterocycles. The first-order chi connectivity index (χ1) is 7.28. The van der Waals surface area contributed by atoms with Gasteiger partial charge in [-0.15, -0.1) is 0 Å². The van der Waals surface area contributed by atoms with Crippen LogP contribution in [-0.2, 0) is 14.3 Å². The van der Waals surface area contributed by atoms with Crippen molar-refractivity contribution in [1.82, 2.24) is 5.32 Å². The van der Waals surface area contributed by atoms with Crippen LogP contribution >= 0.6 is 0 Å². The highest BCUT2D eigenvalue weighted by Gasteiger charge is 2.31. The van der Waals surface area contributed by atoms with E-state index in [4.69, 9.17) is 9.84 Å². The van der Waals surface area contributed by atoms with Gasteiger partial charge in [0.15, 0.2) is 0 Å². The van der Waals surface area contributed by atoms with Crippen LogP contribution in [0.1, 0.15) is 33.6 Å². The molecule has 0 bridgehead atoms. The predicted molar refractivity (Wildman–Crippen MR) is 58.0 cm³/mol. The molecule has 0 aromatic carbocycles. The van der Waals surface area contributed by atoms with Crippen LogP contribution in [0.4, 0.5) is 0 Å². The van der Waals surface area contributed by atoms with Gasteiger partial charge in [0, 0.05) is 6.42 Å². The minimum Gasteiger partial charge on any atom is -0.480 e. The Labute approximate surface area is 95.2 Å². The molecular formula is C11H19NO4. The standard InChI is InChI=1S/C11H19NO4/c1-11(2,3)16-9(13)5-7-4-8(10(14)15)12-6-7/h7-8,12H,4-6H2,1-3H3,(H,14,15)/t7-,8+/m0/s1. The van der Waals surface area contributed by atoms with Crippen LogP contribution in [0.3, 0.4) is 0 Å². The van der Waals surface area contributed by atoms with Crippen molar-refractivity contribution in [2.24, 2.45) is 5.92 Å². The molecule has 2 N–H and O–H groups in total. The van der Waals surface area contributed by atoms with Crippen molar-refractivity contribution in [1.29, 1.82) is 0 Å². The fourth-order valence-corrected chi connectivity index (χ4v) is 1.77. The van der Waals surface area contributed by atoms with Crippen molar-refractivity contribution in [3.63, 3.8) is 0 Å². The van der Waals surface area contributed by atoms with Gasteiger partial charge in [0.2, 0.25) is 0 Å². The largest absolute Gasteiger partial charge is 0.480 e. The molecule has 0 aliphatic carbocycles. The Bertz CT molecular complexity index is 282. The molecule has 92 valence electrons. The second kappa shape index (κ2) is 4.82. The lowest BCUT2D eigenvalue weighted by Crippen LogP contribution is -2.29. The minimum absolute atomic E-state index is 0.0657. The summed E-state index contributed by atoms with van der Waals surface area (Å²) in [5.41, 5.74) is -0.477. The van der Waals surface area contributed by atoms with E-state index in [0.717, 1.165) is 0 Å². The number of carboxylic acids is 1. The van der Waals surface area contributed by atoms with Gasteiger partial charge in [0.05, 0.1) is 0 Å². The lowest BCUT2D eigenvalue weighted by atomic mass is 10.0. The predicted octanol–water partition coefficient (Wildman–Crippen LogP) is 0.781. The van der Waals surface area contributed by atoms with Crippen molar-refractivity contribution >= 4 is 11.9 Å². The maximum Gasteiger partial charge on any atom is 0.320 e. The zero-order valence-electron chi connectivity index (χ0n) is 9.95. The summed E-state index contributed by atoms with van der Waals surface area (Å²) in [4.78, 5) is 22.2. The molecule has 1 aliphatic heterocycles. The molecule has 0 radical (unpaired) electrons. The Morgan fingerprint density at radius 2 is 2.06 bits per heavy atom. The third-order valence-corrected chi connectivity index (χ3v) is 2.40. The number of aliphatic carboxylic acids is 1. The van der Waals surface area contributed by atoms with Gasteiger partial charge >= 0.3 is 11.9 Å². The fourth-order valence-electron chi connectivity index (χ4n) is 1.77. The molecule has 1 fully saturated rings. The third-order valence-electron chi connectivity index (χ3n) is 2.40. The number of esters is 1. The molecule has 0 aromatic rings. The summed E-state index contributed by atoms with van der Waals surface area (Å²) in [5.74, 6) is -1.05. The first-order valence-electron chi connectivity index (χ1n) is 5.46. The van der Waals surface area contributed by atoms with E-state index in [1.807, 2.05) is 20.8 Å². The Morgan fingerprint density at radius 1 is 1.44 bits per heavy atom. The van der Waals surface area contributed by atoms with E-state index in [1.165, 1.54) is 0 Å². The second-order valence-corrected chi connectivity index (χ2v) is 5.19. The molecular weight excluding hydrogens is 210 g/mol. The maximum atomic E-state index is 11.5. The molecule has 5 heteroatoms. The van der Waals surface area contributed by atoms with Crippen LogP contribution in [0, 0.1) is 5.92 Å². The number of carboxylic acid groups (broad SMARTS) is 1. The number of hydrogen-bond acceptors (Lipinski definition) is 4. The van der Waals surface area contributed by atoms with E-state index in [1.54, 1.807) is 0 Å². The van der Waals surface area contributed by atoms with Gasteiger partial charge in [-0.25, -0.2) is 0 Å². The summed E-state index contributed by atoms with van der Waals surface area (Å²) in [5, 5.41) is 11.6. The molecule has 2 atom stereocenters. The van der Waals surface area contributed by atoms with Crippen molar-refractivity contribution in [2.45, 2.75) is 45.3 Å². The zero-order valence-corrected chi connectivity index (χ0v) is 9.95. The Morgan fingerprint density at radius 3 is 2.50 bits per heavy atom. The molecule has 0 spiro atoms. The summed E-state index contributed by atoms with van der Waals surface area (Å²) in [6.45, 7) is 6.02. The zero-order chi connectivity index (χ0) is 12.3. The smallest absolute Gasteiger partial charge is 0.320 e. The van der Waals surface area contributed by atoms with E-state index >= 15 is 0 Å². The highest BCUT2D eigenvalue weighted by Crippen LogP contribution is 2.20. The third kappa shape index (κ3) is 4.18. The molecule has 5 nitrogen and oxygen atoms in total. The molecule has 0 amide bonds. The Kier molecular flexibility index (Phi) is 3.91. The topological polar surface area (TPSA) is 75.6 Å². The van der Waals surface area contributed by atoms with E-state index in [-0.39, 0.29) is 18.3 Å². The lowest BCUT2D eigenvalue weighted by molar-refractivity contribution is -0.156. The number of hydrogen-bond donors (Lipinski definition) is 2. The van der Waals surface area contributed by atoms with Crippen LogP contribution < -0.4 is 5.32 Å². The summed E-state index contributed by atoms with van der Waals surface area (Å²) in [7, 11) is 0. The van der Waals surface area contributed by atoms with Crippen molar-refractivity contribution in [2.75, 3.05) is 6.54 Å². The van der Waals surface area contributed by atoms with Crippen LogP contribution in [0.15, 0.2) is 0 Å². The summed E-state index contributed by atoms with van der Waals surface area (Å²) >= 11 is 0. The first kappa shape index (κ1) is 13.0. The summed E-state index contributed by atoms with van der Waals surface area (Å²) in [6, 6.07) is -0.521. The lowest BCUT2D eigenvalue weighted by Gasteiger charge is -2.20. The summed E-state index contributed by atoms with van der Waals surface area (Å²) < 4.78 is 5.18. The van der Waals surface area contributed by atoms with Crippen LogP contribution in [-0.4, -0.2) is 35.2 Å². The van der Waals surface area contributed by atoms with Crippen molar-refractivity contribution in [3.05, 3.63) is 0 Å². The van der Waals surface area contributed by atoms with Gasteiger partial charge in [-0.2, -0.15) is 0 Å². The van der Waals surface area contributed by atoms with Crippen molar-refractivity contribution < 1.29 is 19.4 Å². The molecule has 1 heterocycles. The highest BCUT2D eigenvalue weighted by atomic mass is 16.6. The Hall–Kier alpha value is -1.10. The van der Waals surface area contributed by atoms with Gasteiger partial charge in [-0.3, -0.25) is 9.59 Å². The molecule has 1 saturated heterocycles. The molecule has 16 heavy (non-hydrogen) atoms. The number of nitrogens with one attached hydrogen (secondary N) is 1. The molecule has 0 saturated carbocycles. The average Bonchev–Trinajstić information content (AvgIpc) is 2.48. The van der Waals surface area contributed by atoms with Crippen LogP contribution in [0.5, 0.6) is 0 Å². The molecule has 1 aliphatic rings. The average molecular weight is 229 g/mol. The van der Waals surface area contributed by atoms with E-state index in [9.17, 15) is 9.59 Å². The van der Waals surface area contributed by atoms with Crippen LogP contribution in [0.2, 0.25) is 0 Å². The van der Waals surface area contributed by atoms with Crippen molar-refractivity contribution in [3.8, 4) is 0 Å². The van der Waals surface area contributed by atoms with Gasteiger partial charge in [0.25, 0.3) is 0 Å². The quantitative estimate of drug-likeness (QED) is 0.699. The molecule has 1 rings (SSSR count). The van der Waals surface area contributed by atoms with E-state index in [2.05, 4.69) is 5.32 Å². The Balaban J connectivity index is 2.34. The normalized spacial score (nSPS) is 25.4. The van der Waals surface area contributed by atoms with Crippen LogP contribution in [0.25, 0.3) is 0 Å².